The van der Waals surface area contributed by atoms with Gasteiger partial charge >= 0.3 is 0 Å². The molecule has 0 aromatic heterocycles. The Hall–Kier alpha value is -2.22. The molecule has 0 saturated heterocycles. The van der Waals surface area contributed by atoms with Crippen molar-refractivity contribution in [3.63, 3.8) is 0 Å². The maximum Gasteiger partial charge on any atom is 0.250 e. The molecule has 0 bridgehead atoms. The molecule has 2 atom stereocenters. The van der Waals surface area contributed by atoms with Crippen LogP contribution in [0.25, 0.3) is 0 Å². The van der Waals surface area contributed by atoms with Gasteiger partial charge in [0.15, 0.2) is 0 Å². The van der Waals surface area contributed by atoms with E-state index in [9.17, 15) is 9.59 Å². The van der Waals surface area contributed by atoms with Crippen LogP contribution >= 0.6 is 0 Å². The first-order valence-corrected chi connectivity index (χ1v) is 8.86. The van der Waals surface area contributed by atoms with Crippen molar-refractivity contribution in [1.29, 1.82) is 0 Å². The summed E-state index contributed by atoms with van der Waals surface area (Å²) in [6, 6.07) is -0.752. The van der Waals surface area contributed by atoms with Crippen LogP contribution in [0.3, 0.4) is 0 Å². The van der Waals surface area contributed by atoms with Crippen molar-refractivity contribution >= 4 is 11.8 Å². The van der Waals surface area contributed by atoms with E-state index in [4.69, 9.17) is 11.2 Å². The van der Waals surface area contributed by atoms with E-state index in [2.05, 4.69) is 31.7 Å². The second-order valence-electron chi connectivity index (χ2n) is 6.71. The number of allylic oxidation sites excluding steroid dienone is 1. The molecule has 1 rings (SSSR count). The van der Waals surface area contributed by atoms with Gasteiger partial charge in [-0.15, -0.1) is 12.3 Å². The summed E-state index contributed by atoms with van der Waals surface area (Å²) in [5, 5.41) is 2.83. The first kappa shape index (κ1) is 20.8. The van der Waals surface area contributed by atoms with E-state index < -0.39 is 6.04 Å². The highest BCUT2D eigenvalue weighted by atomic mass is 16.5. The number of rotatable bonds is 9. The quantitative estimate of drug-likeness (QED) is 0.653. The molecule has 0 unspecified atom stereocenters. The summed E-state index contributed by atoms with van der Waals surface area (Å²) in [5.41, 5.74) is 0.603. The third-order valence-corrected chi connectivity index (χ3v) is 4.13. The lowest BCUT2D eigenvalue weighted by Crippen LogP contribution is -2.50. The van der Waals surface area contributed by atoms with E-state index in [1.807, 2.05) is 6.92 Å². The van der Waals surface area contributed by atoms with Crippen molar-refractivity contribution in [1.82, 2.24) is 10.2 Å². The zero-order valence-corrected chi connectivity index (χ0v) is 15.8. The minimum absolute atomic E-state index is 0.144. The van der Waals surface area contributed by atoms with Gasteiger partial charge in [-0.2, -0.15) is 0 Å². The molecular formula is C20H30N2O3. The molecule has 0 aliphatic carbocycles. The van der Waals surface area contributed by atoms with E-state index in [0.717, 1.165) is 18.6 Å². The van der Waals surface area contributed by atoms with Gasteiger partial charge in [-0.05, 0) is 18.8 Å². The van der Waals surface area contributed by atoms with Crippen molar-refractivity contribution < 1.29 is 14.3 Å². The Morgan fingerprint density at radius 1 is 1.48 bits per heavy atom. The monoisotopic (exact) mass is 346 g/mol. The smallest absolute Gasteiger partial charge is 0.250 e. The van der Waals surface area contributed by atoms with E-state index >= 15 is 0 Å². The number of hydrogen-bond acceptors (Lipinski definition) is 3. The highest BCUT2D eigenvalue weighted by molar-refractivity contribution is 5.89. The molecule has 1 heterocycles. The van der Waals surface area contributed by atoms with Crippen molar-refractivity contribution in [2.75, 3.05) is 7.11 Å². The van der Waals surface area contributed by atoms with Gasteiger partial charge in [0.05, 0.1) is 13.2 Å². The lowest BCUT2D eigenvalue weighted by molar-refractivity contribution is -0.136. The molecular weight excluding hydrogens is 316 g/mol. The largest absolute Gasteiger partial charge is 0.499 e. The molecule has 5 nitrogen and oxygen atoms in total. The lowest BCUT2D eigenvalue weighted by Gasteiger charge is -2.31. The van der Waals surface area contributed by atoms with E-state index in [-0.39, 0.29) is 24.3 Å². The number of carbonyl (C=O) groups excluding carboxylic acids is 2. The Kier molecular flexibility index (Phi) is 8.27. The molecule has 0 radical (unpaired) electrons. The van der Waals surface area contributed by atoms with Crippen molar-refractivity contribution in [3.8, 4) is 12.3 Å². The lowest BCUT2D eigenvalue weighted by atomic mass is 10.0. The predicted molar refractivity (Wildman–Crippen MR) is 99.2 cm³/mol. The second-order valence-corrected chi connectivity index (χ2v) is 6.71. The van der Waals surface area contributed by atoms with Crippen LogP contribution in [-0.4, -0.2) is 35.9 Å². The van der Waals surface area contributed by atoms with Gasteiger partial charge in [0, 0.05) is 24.6 Å². The van der Waals surface area contributed by atoms with Crippen LogP contribution < -0.4 is 5.32 Å². The maximum absolute atomic E-state index is 13.1. The number of nitrogens with one attached hydrogen (secondary N) is 1. The number of hydrogen-bond donors (Lipinski definition) is 1. The third-order valence-electron chi connectivity index (χ3n) is 4.13. The number of terminal acetylenes is 1. The molecule has 25 heavy (non-hydrogen) atoms. The Balaban J connectivity index is 2.95. The molecule has 2 amide bonds. The van der Waals surface area contributed by atoms with E-state index in [1.54, 1.807) is 18.1 Å². The normalized spacial score (nSPS) is 17.9. The summed E-state index contributed by atoms with van der Waals surface area (Å²) < 4.78 is 5.45. The molecule has 0 saturated carbocycles. The number of amides is 2. The Morgan fingerprint density at radius 2 is 2.16 bits per heavy atom. The molecule has 1 N–H and O–H groups in total. The Morgan fingerprint density at radius 3 is 2.68 bits per heavy atom. The molecule has 1 aliphatic rings. The molecule has 0 aromatic rings. The van der Waals surface area contributed by atoms with Gasteiger partial charge in [-0.3, -0.25) is 9.59 Å². The Bertz CT molecular complexity index is 572. The first-order chi connectivity index (χ1) is 11.8. The molecule has 0 fully saturated rings. The summed E-state index contributed by atoms with van der Waals surface area (Å²) in [7, 11) is 1.60. The van der Waals surface area contributed by atoms with E-state index in [1.165, 1.54) is 0 Å². The number of carbonyl (C=O) groups is 2. The highest BCUT2D eigenvalue weighted by Gasteiger charge is 2.38. The standard InChI is InChI=1S/C20H30N2O3/c1-7-9-11-19(23)21-16(10-8-2)20(24)22-15(5)13-18(25-6)17(22)12-14(3)4/h1,13-14,16-17H,5,8-12H2,2-4,6H3,(H,21,23)/t16-,17-/m1/s1. The fraction of sp³-hybridized carbons (Fsp3) is 0.600. The minimum atomic E-state index is -0.578. The maximum atomic E-state index is 13.1. The van der Waals surface area contributed by atoms with Gasteiger partial charge in [-0.25, -0.2) is 0 Å². The number of nitrogens with zero attached hydrogens (tertiary/aromatic N) is 1. The molecule has 0 spiro atoms. The Labute approximate surface area is 151 Å². The van der Waals surface area contributed by atoms with Crippen LogP contribution in [0, 0.1) is 18.3 Å². The summed E-state index contributed by atoms with van der Waals surface area (Å²) in [5.74, 6) is 3.22. The van der Waals surface area contributed by atoms with Crippen LogP contribution in [-0.2, 0) is 14.3 Å². The van der Waals surface area contributed by atoms with Gasteiger partial charge in [0.2, 0.25) is 11.8 Å². The predicted octanol–water partition coefficient (Wildman–Crippen LogP) is 2.99. The highest BCUT2D eigenvalue weighted by Crippen LogP contribution is 2.31. The van der Waals surface area contributed by atoms with Crippen molar-refractivity contribution in [2.45, 2.75) is 65.0 Å². The summed E-state index contributed by atoms with van der Waals surface area (Å²) in [6.45, 7) is 10.2. The zero-order valence-electron chi connectivity index (χ0n) is 15.8. The van der Waals surface area contributed by atoms with Crippen LogP contribution in [0.15, 0.2) is 24.1 Å². The van der Waals surface area contributed by atoms with Gasteiger partial charge in [-0.1, -0.05) is 33.8 Å². The van der Waals surface area contributed by atoms with E-state index in [0.29, 0.717) is 24.5 Å². The zero-order chi connectivity index (χ0) is 19.0. The van der Waals surface area contributed by atoms with Crippen LogP contribution in [0.1, 0.15) is 52.9 Å². The topological polar surface area (TPSA) is 58.6 Å². The second kappa shape index (κ2) is 9.93. The summed E-state index contributed by atoms with van der Waals surface area (Å²) in [6.07, 6.45) is 9.71. The van der Waals surface area contributed by atoms with Gasteiger partial charge in [0.25, 0.3) is 0 Å². The summed E-state index contributed by atoms with van der Waals surface area (Å²) in [4.78, 5) is 26.8. The first-order valence-electron chi connectivity index (χ1n) is 8.86. The molecule has 1 aliphatic heterocycles. The minimum Gasteiger partial charge on any atom is -0.499 e. The average molecular weight is 346 g/mol. The average Bonchev–Trinajstić information content (AvgIpc) is 2.86. The summed E-state index contributed by atoms with van der Waals surface area (Å²) >= 11 is 0. The van der Waals surface area contributed by atoms with Crippen LogP contribution in [0.5, 0.6) is 0 Å². The third kappa shape index (κ3) is 5.67. The fourth-order valence-electron chi connectivity index (χ4n) is 2.98. The van der Waals surface area contributed by atoms with Crippen molar-refractivity contribution in [3.05, 3.63) is 24.1 Å². The van der Waals surface area contributed by atoms with Crippen LogP contribution in [0.2, 0.25) is 0 Å². The fourth-order valence-corrected chi connectivity index (χ4v) is 2.98. The molecule has 138 valence electrons. The number of ether oxygens (including phenoxy) is 1. The van der Waals surface area contributed by atoms with Crippen molar-refractivity contribution in [2.24, 2.45) is 5.92 Å². The molecule has 0 aromatic carbocycles. The van der Waals surface area contributed by atoms with Crippen LogP contribution in [0.4, 0.5) is 0 Å². The van der Waals surface area contributed by atoms with Gasteiger partial charge < -0.3 is 15.0 Å². The van der Waals surface area contributed by atoms with Gasteiger partial charge in [0.1, 0.15) is 11.8 Å². The SMILES string of the molecule is C#CCCC(=O)N[C@H](CCC)C(=O)N1C(=C)C=C(OC)[C@H]1CC(C)C. The molecule has 5 heteroatoms. The number of methoxy groups -OCH3 is 1.